The maximum absolute atomic E-state index is 8.36. The molecule has 0 bridgehead atoms. The number of rotatable bonds is 2. The summed E-state index contributed by atoms with van der Waals surface area (Å²) in [4.78, 5) is 4.11. The van der Waals surface area contributed by atoms with Crippen LogP contribution in [0.15, 0.2) is 4.52 Å². The third kappa shape index (κ3) is 1.18. The van der Waals surface area contributed by atoms with Crippen molar-refractivity contribution in [3.63, 3.8) is 0 Å². The van der Waals surface area contributed by atoms with Gasteiger partial charge in [-0.3, -0.25) is 0 Å². The minimum Gasteiger partial charge on any atom is -0.338 e. The van der Waals surface area contributed by atoms with Crippen LogP contribution in [0.5, 0.6) is 0 Å². The summed E-state index contributed by atoms with van der Waals surface area (Å²) in [6.07, 6.45) is 1.36. The van der Waals surface area contributed by atoms with Gasteiger partial charge < -0.3 is 4.52 Å². The normalized spacial score (nSPS) is 26.7. The quantitative estimate of drug-likeness (QED) is 0.658. The van der Waals surface area contributed by atoms with E-state index in [-0.39, 0.29) is 6.42 Å². The molecule has 0 N–H and O–H groups in total. The molecule has 0 aliphatic heterocycles. The fraction of sp³-hybridized carbons (Fsp3) is 0.625. The molecule has 1 saturated carbocycles. The van der Waals surface area contributed by atoms with Crippen molar-refractivity contribution in [3.05, 3.63) is 11.7 Å². The molecule has 1 aliphatic carbocycles. The van der Waals surface area contributed by atoms with Crippen molar-refractivity contribution in [2.75, 3.05) is 0 Å². The standard InChI is InChI=1S/C8H9N3O/c1-5-4-6(5)8-10-7(2-3-9)12-11-8/h5-6H,2,4H2,1H3. The Bertz CT molecular complexity index is 325. The van der Waals surface area contributed by atoms with E-state index >= 15 is 0 Å². The van der Waals surface area contributed by atoms with Crippen molar-refractivity contribution in [3.8, 4) is 6.07 Å². The van der Waals surface area contributed by atoms with Crippen molar-refractivity contribution in [2.24, 2.45) is 5.92 Å². The average molecular weight is 163 g/mol. The van der Waals surface area contributed by atoms with Crippen LogP contribution in [0.2, 0.25) is 0 Å². The highest BCUT2D eigenvalue weighted by Gasteiger charge is 2.37. The minimum absolute atomic E-state index is 0.216. The largest absolute Gasteiger partial charge is 0.338 e. The summed E-state index contributed by atoms with van der Waals surface area (Å²) in [6.45, 7) is 2.16. The highest BCUT2D eigenvalue weighted by Crippen LogP contribution is 2.45. The average Bonchev–Trinajstić information content (AvgIpc) is 2.62. The fourth-order valence-corrected chi connectivity index (χ4v) is 1.24. The van der Waals surface area contributed by atoms with Crippen LogP contribution in [0.3, 0.4) is 0 Å². The first-order valence-electron chi connectivity index (χ1n) is 4.00. The molecule has 1 heterocycles. The van der Waals surface area contributed by atoms with E-state index < -0.39 is 0 Å². The van der Waals surface area contributed by atoms with Gasteiger partial charge in [0.2, 0.25) is 5.89 Å². The molecule has 1 aromatic rings. The zero-order chi connectivity index (χ0) is 8.55. The smallest absolute Gasteiger partial charge is 0.240 e. The molecule has 1 aromatic heterocycles. The van der Waals surface area contributed by atoms with Crippen LogP contribution in [0, 0.1) is 17.2 Å². The highest BCUT2D eigenvalue weighted by molar-refractivity contribution is 5.08. The third-order valence-corrected chi connectivity index (χ3v) is 2.16. The molecular weight excluding hydrogens is 154 g/mol. The maximum Gasteiger partial charge on any atom is 0.240 e. The van der Waals surface area contributed by atoms with Gasteiger partial charge in [0.05, 0.1) is 6.07 Å². The van der Waals surface area contributed by atoms with Gasteiger partial charge in [-0.2, -0.15) is 10.2 Å². The van der Waals surface area contributed by atoms with Crippen molar-refractivity contribution < 1.29 is 4.52 Å². The predicted molar refractivity (Wildman–Crippen MR) is 40.1 cm³/mol. The van der Waals surface area contributed by atoms with E-state index in [2.05, 4.69) is 17.1 Å². The number of hydrogen-bond donors (Lipinski definition) is 0. The zero-order valence-corrected chi connectivity index (χ0v) is 6.82. The summed E-state index contributed by atoms with van der Waals surface area (Å²) in [5.74, 6) is 2.36. The van der Waals surface area contributed by atoms with Gasteiger partial charge in [0.25, 0.3) is 0 Å². The lowest BCUT2D eigenvalue weighted by molar-refractivity contribution is 0.381. The van der Waals surface area contributed by atoms with Crippen LogP contribution < -0.4 is 0 Å². The number of nitriles is 1. The van der Waals surface area contributed by atoms with Gasteiger partial charge in [0, 0.05) is 5.92 Å². The molecule has 62 valence electrons. The number of hydrogen-bond acceptors (Lipinski definition) is 4. The van der Waals surface area contributed by atoms with Crippen molar-refractivity contribution in [1.82, 2.24) is 10.1 Å². The van der Waals surface area contributed by atoms with Crippen LogP contribution in [0.4, 0.5) is 0 Å². The van der Waals surface area contributed by atoms with Crippen LogP contribution in [0.25, 0.3) is 0 Å². The van der Waals surface area contributed by atoms with Crippen LogP contribution in [0.1, 0.15) is 31.0 Å². The number of aromatic nitrogens is 2. The third-order valence-electron chi connectivity index (χ3n) is 2.16. The Morgan fingerprint density at radius 1 is 1.75 bits per heavy atom. The van der Waals surface area contributed by atoms with Gasteiger partial charge >= 0.3 is 0 Å². The van der Waals surface area contributed by atoms with Gasteiger partial charge in [-0.15, -0.1) is 0 Å². The van der Waals surface area contributed by atoms with Gasteiger partial charge in [-0.25, -0.2) is 0 Å². The Morgan fingerprint density at radius 2 is 2.50 bits per heavy atom. The summed E-state index contributed by atoms with van der Waals surface area (Å²) >= 11 is 0. The molecule has 1 aliphatic rings. The summed E-state index contributed by atoms with van der Waals surface area (Å²) < 4.78 is 4.87. The molecule has 1 fully saturated rings. The Labute approximate surface area is 70.2 Å². The topological polar surface area (TPSA) is 62.7 Å². The molecule has 0 radical (unpaired) electrons. The first-order valence-corrected chi connectivity index (χ1v) is 4.00. The van der Waals surface area contributed by atoms with E-state index in [0.29, 0.717) is 17.7 Å². The van der Waals surface area contributed by atoms with Gasteiger partial charge in [0.1, 0.15) is 6.42 Å². The summed E-state index contributed by atoms with van der Waals surface area (Å²) in [5.41, 5.74) is 0. The van der Waals surface area contributed by atoms with Crippen molar-refractivity contribution in [2.45, 2.75) is 25.7 Å². The van der Waals surface area contributed by atoms with E-state index in [1.807, 2.05) is 6.07 Å². The molecule has 2 rings (SSSR count). The molecular formula is C8H9N3O. The number of nitrogens with zero attached hydrogens (tertiary/aromatic N) is 3. The van der Waals surface area contributed by atoms with Crippen molar-refractivity contribution in [1.29, 1.82) is 5.26 Å². The molecule has 2 atom stereocenters. The molecule has 0 amide bonds. The Kier molecular flexibility index (Phi) is 1.58. The molecule has 12 heavy (non-hydrogen) atoms. The SMILES string of the molecule is CC1CC1c1noc(CC#N)n1. The lowest BCUT2D eigenvalue weighted by atomic mass is 10.3. The highest BCUT2D eigenvalue weighted by atomic mass is 16.5. The van der Waals surface area contributed by atoms with Crippen LogP contribution in [-0.2, 0) is 6.42 Å². The van der Waals surface area contributed by atoms with Crippen LogP contribution in [-0.4, -0.2) is 10.1 Å². The lowest BCUT2D eigenvalue weighted by Crippen LogP contribution is -1.85. The monoisotopic (exact) mass is 163 g/mol. The van der Waals surface area contributed by atoms with Gasteiger partial charge in [-0.1, -0.05) is 12.1 Å². The Morgan fingerprint density at radius 3 is 3.08 bits per heavy atom. The van der Waals surface area contributed by atoms with E-state index in [4.69, 9.17) is 9.78 Å². The van der Waals surface area contributed by atoms with E-state index in [0.717, 1.165) is 12.2 Å². The molecule has 4 heteroatoms. The molecule has 2 unspecified atom stereocenters. The first kappa shape index (κ1) is 7.29. The minimum atomic E-state index is 0.216. The van der Waals surface area contributed by atoms with Gasteiger partial charge in [0.15, 0.2) is 5.82 Å². The lowest BCUT2D eigenvalue weighted by Gasteiger charge is -1.82. The fourth-order valence-electron chi connectivity index (χ4n) is 1.24. The second kappa shape index (κ2) is 2.59. The second-order valence-corrected chi connectivity index (χ2v) is 3.20. The van der Waals surface area contributed by atoms with E-state index in [1.165, 1.54) is 0 Å². The summed E-state index contributed by atoms with van der Waals surface area (Å²) in [6, 6.07) is 1.97. The van der Waals surface area contributed by atoms with E-state index in [1.54, 1.807) is 0 Å². The zero-order valence-electron chi connectivity index (χ0n) is 6.82. The predicted octanol–water partition coefficient (Wildman–Crippen LogP) is 1.26. The summed E-state index contributed by atoms with van der Waals surface area (Å²) in [7, 11) is 0. The second-order valence-electron chi connectivity index (χ2n) is 3.20. The van der Waals surface area contributed by atoms with E-state index in [9.17, 15) is 0 Å². The van der Waals surface area contributed by atoms with Gasteiger partial charge in [-0.05, 0) is 12.3 Å². The Balaban J connectivity index is 2.10. The van der Waals surface area contributed by atoms with Crippen LogP contribution >= 0.6 is 0 Å². The molecule has 0 spiro atoms. The molecule has 0 saturated heterocycles. The van der Waals surface area contributed by atoms with Crippen molar-refractivity contribution >= 4 is 0 Å². The molecule has 0 aromatic carbocycles. The molecule has 4 nitrogen and oxygen atoms in total. The maximum atomic E-state index is 8.36. The Hall–Kier alpha value is -1.37. The first-order chi connectivity index (χ1) is 5.81. The summed E-state index contributed by atoms with van der Waals surface area (Å²) in [5, 5.41) is 12.2.